The van der Waals surface area contributed by atoms with Gasteiger partial charge >= 0.3 is 0 Å². The molecule has 0 bridgehead atoms. The second kappa shape index (κ2) is 6.95. The minimum absolute atomic E-state index is 0.253. The Hall–Kier alpha value is -3.61. The standard InChI is InChI=1S/C20H18N6O/c1-12-5-6-16-17(8-12)26-18(25-16)13(2)24-20(27)15-10-22-19(23-11-15)14-4-3-7-21-9-14/h3-11,13H,1-2H3,(H,24,27)(H,25,26)/t13-/m0/s1. The average molecular weight is 358 g/mol. The van der Waals surface area contributed by atoms with Gasteiger partial charge in [-0.15, -0.1) is 0 Å². The summed E-state index contributed by atoms with van der Waals surface area (Å²) in [6, 6.07) is 9.42. The van der Waals surface area contributed by atoms with Gasteiger partial charge in [0.2, 0.25) is 0 Å². The van der Waals surface area contributed by atoms with Crippen LogP contribution >= 0.6 is 0 Å². The SMILES string of the molecule is Cc1ccc2nc([C@H](C)NC(=O)c3cnc(-c4cccnc4)nc3)[nH]c2c1. The average Bonchev–Trinajstić information content (AvgIpc) is 3.12. The Kier molecular flexibility index (Phi) is 4.33. The second-order valence-electron chi connectivity index (χ2n) is 6.37. The molecule has 0 aliphatic rings. The van der Waals surface area contributed by atoms with Crippen molar-refractivity contribution in [2.24, 2.45) is 0 Å². The van der Waals surface area contributed by atoms with Crippen molar-refractivity contribution in [3.05, 3.63) is 72.1 Å². The van der Waals surface area contributed by atoms with Crippen molar-refractivity contribution >= 4 is 16.9 Å². The highest BCUT2D eigenvalue weighted by atomic mass is 16.1. The van der Waals surface area contributed by atoms with Gasteiger partial charge in [-0.1, -0.05) is 6.07 Å². The first kappa shape index (κ1) is 16.8. The smallest absolute Gasteiger partial charge is 0.254 e. The van der Waals surface area contributed by atoms with Crippen LogP contribution < -0.4 is 5.32 Å². The van der Waals surface area contributed by atoms with E-state index < -0.39 is 0 Å². The van der Waals surface area contributed by atoms with E-state index in [1.807, 2.05) is 44.2 Å². The van der Waals surface area contributed by atoms with Gasteiger partial charge in [0.1, 0.15) is 5.82 Å². The van der Waals surface area contributed by atoms with Gasteiger partial charge in [-0.2, -0.15) is 0 Å². The van der Waals surface area contributed by atoms with Crippen LogP contribution in [0.5, 0.6) is 0 Å². The third-order valence-corrected chi connectivity index (χ3v) is 4.25. The van der Waals surface area contributed by atoms with E-state index in [4.69, 9.17) is 0 Å². The maximum absolute atomic E-state index is 12.5. The molecule has 1 aromatic carbocycles. The molecule has 27 heavy (non-hydrogen) atoms. The van der Waals surface area contributed by atoms with Crippen LogP contribution in [0.4, 0.5) is 0 Å². The largest absolute Gasteiger partial charge is 0.342 e. The van der Waals surface area contributed by atoms with E-state index in [0.717, 1.165) is 22.2 Å². The number of amides is 1. The van der Waals surface area contributed by atoms with Crippen molar-refractivity contribution in [1.82, 2.24) is 30.2 Å². The molecule has 134 valence electrons. The normalized spacial score (nSPS) is 12.1. The zero-order valence-electron chi connectivity index (χ0n) is 15.0. The number of aromatic amines is 1. The fraction of sp³-hybridized carbons (Fsp3) is 0.150. The number of fused-ring (bicyclic) bond motifs is 1. The molecular weight excluding hydrogens is 340 g/mol. The lowest BCUT2D eigenvalue weighted by atomic mass is 10.2. The molecule has 3 aromatic heterocycles. The number of hydrogen-bond donors (Lipinski definition) is 2. The van der Waals surface area contributed by atoms with E-state index in [1.165, 1.54) is 12.4 Å². The number of nitrogens with zero attached hydrogens (tertiary/aromatic N) is 4. The molecule has 0 spiro atoms. The number of carbonyl (C=O) groups excluding carboxylic acids is 1. The van der Waals surface area contributed by atoms with Crippen LogP contribution in [0, 0.1) is 6.92 Å². The maximum atomic E-state index is 12.5. The van der Waals surface area contributed by atoms with Gasteiger partial charge in [-0.05, 0) is 43.7 Å². The summed E-state index contributed by atoms with van der Waals surface area (Å²) in [7, 11) is 0. The highest BCUT2D eigenvalue weighted by molar-refractivity contribution is 5.94. The van der Waals surface area contributed by atoms with Crippen LogP contribution in [0.1, 0.15) is 34.7 Å². The summed E-state index contributed by atoms with van der Waals surface area (Å²) in [4.78, 5) is 32.9. The second-order valence-corrected chi connectivity index (χ2v) is 6.37. The molecule has 0 fully saturated rings. The highest BCUT2D eigenvalue weighted by Gasteiger charge is 2.16. The Morgan fingerprint density at radius 3 is 2.70 bits per heavy atom. The fourth-order valence-electron chi connectivity index (χ4n) is 2.79. The third kappa shape index (κ3) is 3.52. The van der Waals surface area contributed by atoms with Gasteiger partial charge in [0.15, 0.2) is 5.82 Å². The number of benzene rings is 1. The molecule has 0 saturated carbocycles. The topological polar surface area (TPSA) is 96.5 Å². The van der Waals surface area contributed by atoms with E-state index in [9.17, 15) is 4.79 Å². The molecule has 1 atom stereocenters. The first-order chi connectivity index (χ1) is 13.1. The van der Waals surface area contributed by atoms with E-state index >= 15 is 0 Å². The molecule has 4 aromatic rings. The van der Waals surface area contributed by atoms with Crippen molar-refractivity contribution in [3.8, 4) is 11.4 Å². The molecule has 1 amide bonds. The monoisotopic (exact) mass is 358 g/mol. The molecule has 7 heteroatoms. The van der Waals surface area contributed by atoms with Gasteiger partial charge in [0.05, 0.1) is 22.6 Å². The van der Waals surface area contributed by atoms with E-state index in [2.05, 4.69) is 30.2 Å². The van der Waals surface area contributed by atoms with Gasteiger partial charge in [-0.25, -0.2) is 15.0 Å². The minimum Gasteiger partial charge on any atom is -0.342 e. The van der Waals surface area contributed by atoms with Crippen LogP contribution in [0.3, 0.4) is 0 Å². The fourth-order valence-corrected chi connectivity index (χ4v) is 2.79. The van der Waals surface area contributed by atoms with Gasteiger partial charge in [-0.3, -0.25) is 9.78 Å². The summed E-state index contributed by atoms with van der Waals surface area (Å²) in [5.74, 6) is 0.981. The van der Waals surface area contributed by atoms with Crippen molar-refractivity contribution in [3.63, 3.8) is 0 Å². The zero-order chi connectivity index (χ0) is 18.8. The van der Waals surface area contributed by atoms with Crippen LogP contribution in [0.15, 0.2) is 55.1 Å². The number of aryl methyl sites for hydroxylation is 1. The molecule has 0 unspecified atom stereocenters. The third-order valence-electron chi connectivity index (χ3n) is 4.25. The molecule has 3 heterocycles. The number of rotatable bonds is 4. The molecule has 7 nitrogen and oxygen atoms in total. The Balaban J connectivity index is 1.49. The summed E-state index contributed by atoms with van der Waals surface area (Å²) in [5.41, 5.74) is 4.17. The summed E-state index contributed by atoms with van der Waals surface area (Å²) < 4.78 is 0. The van der Waals surface area contributed by atoms with E-state index in [-0.39, 0.29) is 11.9 Å². The minimum atomic E-state index is -0.275. The van der Waals surface area contributed by atoms with Crippen LogP contribution in [-0.2, 0) is 0 Å². The first-order valence-corrected chi connectivity index (χ1v) is 8.60. The number of H-pyrrole nitrogens is 1. The lowest BCUT2D eigenvalue weighted by molar-refractivity contribution is 0.0937. The highest BCUT2D eigenvalue weighted by Crippen LogP contribution is 2.18. The Morgan fingerprint density at radius 1 is 1.15 bits per heavy atom. The summed E-state index contributed by atoms with van der Waals surface area (Å²) in [5, 5.41) is 2.92. The van der Waals surface area contributed by atoms with Crippen LogP contribution in [0.2, 0.25) is 0 Å². The van der Waals surface area contributed by atoms with Crippen LogP contribution in [0.25, 0.3) is 22.4 Å². The number of hydrogen-bond acceptors (Lipinski definition) is 5. The molecular formula is C20H18N6O. The van der Waals surface area contributed by atoms with Crippen LogP contribution in [-0.4, -0.2) is 30.8 Å². The number of carbonyl (C=O) groups is 1. The van der Waals surface area contributed by atoms with E-state index in [1.54, 1.807) is 12.4 Å². The number of aromatic nitrogens is 5. The Labute approximate surface area is 155 Å². The van der Waals surface area contributed by atoms with Crippen molar-refractivity contribution < 1.29 is 4.79 Å². The Morgan fingerprint density at radius 2 is 1.96 bits per heavy atom. The van der Waals surface area contributed by atoms with Gasteiger partial charge in [0, 0.05) is 30.4 Å². The lowest BCUT2D eigenvalue weighted by Gasteiger charge is -2.11. The summed E-state index contributed by atoms with van der Waals surface area (Å²) in [6.45, 7) is 3.91. The lowest BCUT2D eigenvalue weighted by Crippen LogP contribution is -2.27. The number of imidazole rings is 1. The number of pyridine rings is 1. The van der Waals surface area contributed by atoms with Gasteiger partial charge < -0.3 is 10.3 Å². The van der Waals surface area contributed by atoms with Crippen molar-refractivity contribution in [2.75, 3.05) is 0 Å². The van der Waals surface area contributed by atoms with Gasteiger partial charge in [0.25, 0.3) is 5.91 Å². The van der Waals surface area contributed by atoms with E-state index in [0.29, 0.717) is 17.2 Å². The molecule has 0 aliphatic carbocycles. The molecule has 0 saturated heterocycles. The summed E-state index contributed by atoms with van der Waals surface area (Å²) >= 11 is 0. The maximum Gasteiger partial charge on any atom is 0.254 e. The quantitative estimate of drug-likeness (QED) is 0.584. The first-order valence-electron chi connectivity index (χ1n) is 8.60. The Bertz CT molecular complexity index is 1090. The summed E-state index contributed by atoms with van der Waals surface area (Å²) in [6.07, 6.45) is 6.39. The molecule has 4 rings (SSSR count). The predicted octanol–water partition coefficient (Wildman–Crippen LogP) is 3.21. The zero-order valence-corrected chi connectivity index (χ0v) is 15.0. The predicted molar refractivity (Wildman–Crippen MR) is 102 cm³/mol. The van der Waals surface area contributed by atoms with Crippen molar-refractivity contribution in [1.29, 1.82) is 0 Å². The van der Waals surface area contributed by atoms with Crippen molar-refractivity contribution in [2.45, 2.75) is 19.9 Å². The molecule has 0 radical (unpaired) electrons. The molecule has 0 aliphatic heterocycles. The molecule has 2 N–H and O–H groups in total. The number of nitrogens with one attached hydrogen (secondary N) is 2.